The van der Waals surface area contributed by atoms with Gasteiger partial charge in [-0.3, -0.25) is 9.59 Å². The van der Waals surface area contributed by atoms with E-state index in [1.807, 2.05) is 30.3 Å². The molecule has 4 heteroatoms. The van der Waals surface area contributed by atoms with Crippen molar-refractivity contribution in [2.75, 3.05) is 0 Å². The predicted octanol–water partition coefficient (Wildman–Crippen LogP) is 1.46. The summed E-state index contributed by atoms with van der Waals surface area (Å²) in [5, 5.41) is 0. The molecular formula is C14H14N2O2. The first-order valence-electron chi connectivity index (χ1n) is 5.58. The van der Waals surface area contributed by atoms with Gasteiger partial charge < -0.3 is 10.3 Å². The molecule has 0 aliphatic rings. The Balaban J connectivity index is 2.83. The third-order valence-electron chi connectivity index (χ3n) is 3.06. The zero-order valence-corrected chi connectivity index (χ0v) is 10.3. The number of amides is 1. The molecule has 18 heavy (non-hydrogen) atoms. The molecule has 0 bridgehead atoms. The Kier molecular flexibility index (Phi) is 3.02. The van der Waals surface area contributed by atoms with E-state index in [0.29, 0.717) is 16.8 Å². The average Bonchev–Trinajstić information content (AvgIpc) is 2.36. The average molecular weight is 242 g/mol. The second kappa shape index (κ2) is 4.49. The Hall–Kier alpha value is -2.36. The van der Waals surface area contributed by atoms with Gasteiger partial charge in [-0.25, -0.2) is 0 Å². The maximum Gasteiger partial charge on any atom is 0.251 e. The zero-order chi connectivity index (χ0) is 13.3. The van der Waals surface area contributed by atoms with Crippen molar-refractivity contribution in [2.24, 2.45) is 12.8 Å². The maximum absolute atomic E-state index is 11.8. The van der Waals surface area contributed by atoms with E-state index >= 15 is 0 Å². The van der Waals surface area contributed by atoms with Gasteiger partial charge in [0.05, 0.1) is 5.56 Å². The highest BCUT2D eigenvalue weighted by Gasteiger charge is 2.16. The molecule has 1 aromatic heterocycles. The van der Waals surface area contributed by atoms with E-state index in [1.165, 1.54) is 10.6 Å². The molecule has 2 rings (SSSR count). The number of primary amides is 1. The first kappa shape index (κ1) is 12.1. The number of carbonyl (C=O) groups excluding carboxylic acids is 1. The Bertz CT molecular complexity index is 657. The highest BCUT2D eigenvalue weighted by Crippen LogP contribution is 2.23. The Morgan fingerprint density at radius 1 is 1.22 bits per heavy atom. The van der Waals surface area contributed by atoms with Crippen molar-refractivity contribution in [1.29, 1.82) is 0 Å². The zero-order valence-electron chi connectivity index (χ0n) is 10.3. The van der Waals surface area contributed by atoms with Crippen LogP contribution in [0.5, 0.6) is 0 Å². The molecule has 1 amide bonds. The number of nitrogens with two attached hydrogens (primary N) is 1. The van der Waals surface area contributed by atoms with Gasteiger partial charge in [-0.15, -0.1) is 0 Å². The van der Waals surface area contributed by atoms with Crippen LogP contribution in [0.1, 0.15) is 16.1 Å². The molecule has 92 valence electrons. The maximum atomic E-state index is 11.8. The summed E-state index contributed by atoms with van der Waals surface area (Å²) in [6.07, 6.45) is 0. The third-order valence-corrected chi connectivity index (χ3v) is 3.06. The molecule has 4 nitrogen and oxygen atoms in total. The van der Waals surface area contributed by atoms with Crippen LogP contribution in [-0.2, 0) is 7.05 Å². The van der Waals surface area contributed by atoms with E-state index in [4.69, 9.17) is 5.73 Å². The smallest absolute Gasteiger partial charge is 0.251 e. The van der Waals surface area contributed by atoms with Crippen molar-refractivity contribution in [3.05, 3.63) is 58.0 Å². The van der Waals surface area contributed by atoms with Gasteiger partial charge in [0.1, 0.15) is 0 Å². The summed E-state index contributed by atoms with van der Waals surface area (Å²) < 4.78 is 1.42. The number of nitrogens with zero attached hydrogens (tertiary/aromatic N) is 1. The molecular weight excluding hydrogens is 228 g/mol. The lowest BCUT2D eigenvalue weighted by Crippen LogP contribution is -2.25. The lowest BCUT2D eigenvalue weighted by Gasteiger charge is -2.13. The fourth-order valence-corrected chi connectivity index (χ4v) is 1.98. The number of hydrogen-bond acceptors (Lipinski definition) is 2. The van der Waals surface area contributed by atoms with Crippen LogP contribution in [0, 0.1) is 6.92 Å². The lowest BCUT2D eigenvalue weighted by atomic mass is 9.98. The summed E-state index contributed by atoms with van der Waals surface area (Å²) >= 11 is 0. The summed E-state index contributed by atoms with van der Waals surface area (Å²) in [5.41, 5.74) is 7.63. The molecule has 2 N–H and O–H groups in total. The summed E-state index contributed by atoms with van der Waals surface area (Å²) in [5.74, 6) is -0.526. The normalized spacial score (nSPS) is 10.3. The summed E-state index contributed by atoms with van der Waals surface area (Å²) in [7, 11) is 1.62. The van der Waals surface area contributed by atoms with Gasteiger partial charge in [0.25, 0.3) is 11.5 Å². The Morgan fingerprint density at radius 3 is 2.39 bits per heavy atom. The number of benzene rings is 1. The van der Waals surface area contributed by atoms with E-state index in [1.54, 1.807) is 14.0 Å². The minimum absolute atomic E-state index is 0.156. The summed E-state index contributed by atoms with van der Waals surface area (Å²) in [6.45, 7) is 1.72. The lowest BCUT2D eigenvalue weighted by molar-refractivity contribution is 0.0999. The first-order valence-corrected chi connectivity index (χ1v) is 5.58. The first-order chi connectivity index (χ1) is 8.52. The number of rotatable bonds is 2. The largest absolute Gasteiger partial charge is 0.366 e. The van der Waals surface area contributed by atoms with Crippen LogP contribution in [-0.4, -0.2) is 10.5 Å². The monoisotopic (exact) mass is 242 g/mol. The SMILES string of the molecule is Cc1c(C(N)=O)c(-c2ccccc2)cc(=O)n1C. The van der Waals surface area contributed by atoms with Crippen LogP contribution in [0.2, 0.25) is 0 Å². The molecule has 0 fully saturated rings. The second-order valence-corrected chi connectivity index (χ2v) is 4.15. The summed E-state index contributed by atoms with van der Waals surface area (Å²) in [6, 6.07) is 10.7. The van der Waals surface area contributed by atoms with Crippen molar-refractivity contribution in [3.63, 3.8) is 0 Å². The fourth-order valence-electron chi connectivity index (χ4n) is 1.98. The minimum Gasteiger partial charge on any atom is -0.366 e. The molecule has 0 atom stereocenters. The molecule has 0 aliphatic carbocycles. The second-order valence-electron chi connectivity index (χ2n) is 4.15. The number of hydrogen-bond donors (Lipinski definition) is 1. The van der Waals surface area contributed by atoms with Crippen LogP contribution < -0.4 is 11.3 Å². The van der Waals surface area contributed by atoms with Gasteiger partial charge in [-0.05, 0) is 12.5 Å². The van der Waals surface area contributed by atoms with Crippen molar-refractivity contribution in [3.8, 4) is 11.1 Å². The molecule has 0 aliphatic heterocycles. The van der Waals surface area contributed by atoms with Gasteiger partial charge >= 0.3 is 0 Å². The van der Waals surface area contributed by atoms with Crippen LogP contribution in [0.25, 0.3) is 11.1 Å². The minimum atomic E-state index is -0.526. The molecule has 1 aromatic carbocycles. The van der Waals surface area contributed by atoms with Gasteiger partial charge in [0.2, 0.25) is 0 Å². The molecule has 1 heterocycles. The molecule has 0 spiro atoms. The molecule has 2 aromatic rings. The Labute approximate surface area is 105 Å². The molecule has 0 saturated carbocycles. The van der Waals surface area contributed by atoms with Crippen LogP contribution in [0.4, 0.5) is 0 Å². The van der Waals surface area contributed by atoms with Crippen molar-refractivity contribution in [2.45, 2.75) is 6.92 Å². The third kappa shape index (κ3) is 1.93. The van der Waals surface area contributed by atoms with Gasteiger partial charge in [-0.2, -0.15) is 0 Å². The van der Waals surface area contributed by atoms with Gasteiger partial charge in [0.15, 0.2) is 0 Å². The predicted molar refractivity (Wildman–Crippen MR) is 70.4 cm³/mol. The number of carbonyl (C=O) groups is 1. The molecule has 0 saturated heterocycles. The standard InChI is InChI=1S/C14H14N2O2/c1-9-13(14(15)18)11(8-12(17)16(9)2)10-6-4-3-5-7-10/h3-8H,1-2H3,(H2,15,18). The fraction of sp³-hybridized carbons (Fsp3) is 0.143. The van der Waals surface area contributed by atoms with Crippen molar-refractivity contribution < 1.29 is 4.79 Å². The topological polar surface area (TPSA) is 65.1 Å². The van der Waals surface area contributed by atoms with Crippen LogP contribution >= 0.6 is 0 Å². The summed E-state index contributed by atoms with van der Waals surface area (Å²) in [4.78, 5) is 23.4. The van der Waals surface area contributed by atoms with Crippen molar-refractivity contribution in [1.82, 2.24) is 4.57 Å². The molecule has 0 radical (unpaired) electrons. The van der Waals surface area contributed by atoms with Gasteiger partial charge in [-0.1, -0.05) is 30.3 Å². The van der Waals surface area contributed by atoms with Gasteiger partial charge in [0, 0.05) is 24.4 Å². The number of aromatic nitrogens is 1. The van der Waals surface area contributed by atoms with E-state index in [0.717, 1.165) is 5.56 Å². The van der Waals surface area contributed by atoms with Crippen molar-refractivity contribution >= 4 is 5.91 Å². The molecule has 0 unspecified atom stereocenters. The van der Waals surface area contributed by atoms with Crippen LogP contribution in [0.3, 0.4) is 0 Å². The van der Waals surface area contributed by atoms with E-state index < -0.39 is 5.91 Å². The van der Waals surface area contributed by atoms with E-state index in [9.17, 15) is 9.59 Å². The Morgan fingerprint density at radius 2 is 1.83 bits per heavy atom. The van der Waals surface area contributed by atoms with Crippen LogP contribution in [0.15, 0.2) is 41.2 Å². The highest BCUT2D eigenvalue weighted by molar-refractivity contribution is 6.00. The quantitative estimate of drug-likeness (QED) is 0.866. The van der Waals surface area contributed by atoms with E-state index in [-0.39, 0.29) is 5.56 Å². The van der Waals surface area contributed by atoms with E-state index in [2.05, 4.69) is 0 Å². The number of pyridine rings is 1. The highest BCUT2D eigenvalue weighted by atomic mass is 16.1.